The minimum absolute atomic E-state index is 0.00689. The molecule has 9 nitrogen and oxygen atoms in total. The quantitative estimate of drug-likeness (QED) is 0.543. The number of nitro groups is 1. The Morgan fingerprint density at radius 3 is 2.44 bits per heavy atom. The van der Waals surface area contributed by atoms with Gasteiger partial charge in [-0.25, -0.2) is 0 Å². The fourth-order valence-electron chi connectivity index (χ4n) is 3.31. The summed E-state index contributed by atoms with van der Waals surface area (Å²) < 4.78 is 5.26. The topological polar surface area (TPSA) is 97.4 Å². The molecule has 1 N–H and O–H groups in total. The molecule has 0 aromatic heterocycles. The Morgan fingerprint density at radius 2 is 1.81 bits per heavy atom. The molecule has 2 heterocycles. The number of benzene rings is 1. The number of amides is 2. The molecule has 0 aliphatic carbocycles. The highest BCUT2D eigenvalue weighted by atomic mass is 35.5. The molecule has 0 atom stereocenters. The number of morpholine rings is 1. The molecule has 10 heteroatoms. The van der Waals surface area contributed by atoms with Gasteiger partial charge in [-0.05, 0) is 12.1 Å². The Labute approximate surface area is 161 Å². The fourth-order valence-corrected chi connectivity index (χ4v) is 3.50. The van der Waals surface area contributed by atoms with E-state index in [-0.39, 0.29) is 28.1 Å². The van der Waals surface area contributed by atoms with Crippen LogP contribution in [0.15, 0.2) is 18.2 Å². The first kappa shape index (κ1) is 19.5. The Bertz CT molecular complexity index is 730. The van der Waals surface area contributed by atoms with Crippen molar-refractivity contribution in [2.24, 2.45) is 0 Å². The van der Waals surface area contributed by atoms with E-state index >= 15 is 0 Å². The maximum Gasteiger partial charge on any atom is 0.288 e. The second-order valence-electron chi connectivity index (χ2n) is 6.64. The van der Waals surface area contributed by atoms with E-state index < -0.39 is 4.92 Å². The number of hydrogen-bond donors (Lipinski definition) is 1. The number of carbonyl (C=O) groups excluding carboxylic acids is 2. The predicted molar refractivity (Wildman–Crippen MR) is 97.0 cm³/mol. The van der Waals surface area contributed by atoms with E-state index in [0.717, 1.165) is 4.90 Å². The largest absolute Gasteiger partial charge is 0.378 e. The highest BCUT2D eigenvalue weighted by Crippen LogP contribution is 2.25. The lowest BCUT2D eigenvalue weighted by Gasteiger charge is -2.33. The lowest BCUT2D eigenvalue weighted by Crippen LogP contribution is -3.15. The molecule has 0 unspecified atom stereocenters. The van der Waals surface area contributed by atoms with E-state index in [1.54, 1.807) is 4.90 Å². The summed E-state index contributed by atoms with van der Waals surface area (Å²) in [5.41, 5.74) is -0.0261. The van der Waals surface area contributed by atoms with E-state index in [1.807, 2.05) is 4.90 Å². The Kier molecular flexibility index (Phi) is 6.25. The van der Waals surface area contributed by atoms with Gasteiger partial charge in [0.1, 0.15) is 5.02 Å². The number of nitro benzene ring substituents is 1. The number of ether oxygens (including phenoxy) is 1. The summed E-state index contributed by atoms with van der Waals surface area (Å²) in [5.74, 6) is -0.144. The number of piperazine rings is 1. The number of hydrogen-bond acceptors (Lipinski definition) is 5. The molecule has 27 heavy (non-hydrogen) atoms. The molecular formula is C17H22ClN4O5+. The van der Waals surface area contributed by atoms with Crippen molar-refractivity contribution in [2.45, 2.75) is 0 Å². The Hall–Kier alpha value is -2.23. The third-order valence-electron chi connectivity index (χ3n) is 4.91. The molecule has 2 amide bonds. The Balaban J connectivity index is 1.54. The number of nitrogens with zero attached hydrogens (tertiary/aromatic N) is 3. The summed E-state index contributed by atoms with van der Waals surface area (Å²) in [6.45, 7) is 5.16. The molecule has 1 aromatic carbocycles. The highest BCUT2D eigenvalue weighted by molar-refractivity contribution is 6.32. The van der Waals surface area contributed by atoms with Crippen molar-refractivity contribution in [2.75, 3.05) is 59.0 Å². The highest BCUT2D eigenvalue weighted by Gasteiger charge is 2.28. The first-order valence-corrected chi connectivity index (χ1v) is 9.26. The summed E-state index contributed by atoms with van der Waals surface area (Å²) in [5, 5.41) is 11.0. The zero-order chi connectivity index (χ0) is 19.4. The van der Waals surface area contributed by atoms with Crippen molar-refractivity contribution in [1.29, 1.82) is 0 Å². The van der Waals surface area contributed by atoms with Crippen LogP contribution in [-0.4, -0.2) is 85.6 Å². The normalized spacial score (nSPS) is 18.4. The lowest BCUT2D eigenvalue weighted by molar-refractivity contribution is -0.896. The number of quaternary nitrogens is 1. The summed E-state index contributed by atoms with van der Waals surface area (Å²) in [6, 6.07) is 4.08. The van der Waals surface area contributed by atoms with E-state index in [9.17, 15) is 19.7 Å². The molecule has 2 aliphatic heterocycles. The van der Waals surface area contributed by atoms with Gasteiger partial charge in [0, 0.05) is 24.7 Å². The lowest BCUT2D eigenvalue weighted by atomic mass is 10.1. The first-order chi connectivity index (χ1) is 13.0. The van der Waals surface area contributed by atoms with Crippen LogP contribution in [0.3, 0.4) is 0 Å². The molecule has 0 radical (unpaired) electrons. The van der Waals surface area contributed by atoms with E-state index in [2.05, 4.69) is 0 Å². The zero-order valence-corrected chi connectivity index (χ0v) is 15.6. The van der Waals surface area contributed by atoms with Crippen LogP contribution in [-0.2, 0) is 9.53 Å². The summed E-state index contributed by atoms with van der Waals surface area (Å²) in [4.78, 5) is 40.0. The van der Waals surface area contributed by atoms with Crippen LogP contribution in [0, 0.1) is 10.1 Å². The Morgan fingerprint density at radius 1 is 1.15 bits per heavy atom. The number of carbonyl (C=O) groups is 2. The van der Waals surface area contributed by atoms with Gasteiger partial charge >= 0.3 is 0 Å². The molecular weight excluding hydrogens is 376 g/mol. The van der Waals surface area contributed by atoms with Gasteiger partial charge in [-0.15, -0.1) is 0 Å². The minimum atomic E-state index is -0.599. The molecule has 1 aromatic rings. The van der Waals surface area contributed by atoms with E-state index in [4.69, 9.17) is 16.3 Å². The fraction of sp³-hybridized carbons (Fsp3) is 0.529. The third-order valence-corrected chi connectivity index (χ3v) is 5.23. The van der Waals surface area contributed by atoms with Gasteiger partial charge in [0.15, 0.2) is 6.54 Å². The van der Waals surface area contributed by atoms with Crippen molar-refractivity contribution >= 4 is 29.1 Å². The predicted octanol–water partition coefficient (Wildman–Crippen LogP) is -0.552. The molecule has 0 bridgehead atoms. The SMILES string of the molecule is O=C(C[NH+]1CCN(C(=O)c2ccc(Cl)c([N+](=O)[O-])c2)CC1)N1CCOCC1. The summed E-state index contributed by atoms with van der Waals surface area (Å²) >= 11 is 5.80. The van der Waals surface area contributed by atoms with Crippen LogP contribution < -0.4 is 4.90 Å². The molecule has 3 rings (SSSR count). The van der Waals surface area contributed by atoms with E-state index in [0.29, 0.717) is 59.0 Å². The van der Waals surface area contributed by atoms with Crippen molar-refractivity contribution in [3.05, 3.63) is 38.9 Å². The van der Waals surface area contributed by atoms with Gasteiger partial charge in [0.05, 0.1) is 44.3 Å². The van der Waals surface area contributed by atoms with Crippen LogP contribution >= 0.6 is 11.6 Å². The van der Waals surface area contributed by atoms with Gasteiger partial charge < -0.3 is 19.4 Å². The van der Waals surface area contributed by atoms with Crippen molar-refractivity contribution in [3.63, 3.8) is 0 Å². The van der Waals surface area contributed by atoms with Crippen molar-refractivity contribution in [3.8, 4) is 0 Å². The molecule has 0 spiro atoms. The van der Waals surface area contributed by atoms with Crippen LogP contribution in [0.5, 0.6) is 0 Å². The standard InChI is InChI=1S/C17H21ClN4O5/c18-14-2-1-13(11-15(14)22(25)26)17(24)21-5-3-19(4-6-21)12-16(23)20-7-9-27-10-8-20/h1-2,11H,3-10,12H2/p+1. The molecule has 146 valence electrons. The summed E-state index contributed by atoms with van der Waals surface area (Å²) in [7, 11) is 0. The van der Waals surface area contributed by atoms with E-state index in [1.165, 1.54) is 18.2 Å². The molecule has 2 fully saturated rings. The van der Waals surface area contributed by atoms with Gasteiger partial charge in [0.2, 0.25) is 0 Å². The third kappa shape index (κ3) is 4.74. The van der Waals surface area contributed by atoms with Gasteiger partial charge in [-0.3, -0.25) is 19.7 Å². The van der Waals surface area contributed by atoms with Crippen LogP contribution in [0.2, 0.25) is 5.02 Å². The zero-order valence-electron chi connectivity index (χ0n) is 14.9. The van der Waals surface area contributed by atoms with Crippen LogP contribution in [0.4, 0.5) is 5.69 Å². The smallest absolute Gasteiger partial charge is 0.288 e. The average Bonchev–Trinajstić information content (AvgIpc) is 2.69. The van der Waals surface area contributed by atoms with Crippen LogP contribution in [0.1, 0.15) is 10.4 Å². The molecule has 2 saturated heterocycles. The maximum absolute atomic E-state index is 12.6. The monoisotopic (exact) mass is 397 g/mol. The minimum Gasteiger partial charge on any atom is -0.378 e. The maximum atomic E-state index is 12.6. The number of halogens is 1. The number of rotatable bonds is 4. The first-order valence-electron chi connectivity index (χ1n) is 8.88. The van der Waals surface area contributed by atoms with Crippen molar-refractivity contribution in [1.82, 2.24) is 9.80 Å². The number of nitrogens with one attached hydrogen (secondary N) is 1. The second-order valence-corrected chi connectivity index (χ2v) is 7.04. The van der Waals surface area contributed by atoms with Gasteiger partial charge in [-0.2, -0.15) is 0 Å². The second kappa shape index (κ2) is 8.64. The average molecular weight is 398 g/mol. The van der Waals surface area contributed by atoms with Gasteiger partial charge in [-0.1, -0.05) is 11.6 Å². The molecule has 2 aliphatic rings. The van der Waals surface area contributed by atoms with Crippen LogP contribution in [0.25, 0.3) is 0 Å². The van der Waals surface area contributed by atoms with Crippen molar-refractivity contribution < 1.29 is 24.1 Å². The summed E-state index contributed by atoms with van der Waals surface area (Å²) in [6.07, 6.45) is 0. The van der Waals surface area contributed by atoms with Gasteiger partial charge in [0.25, 0.3) is 17.5 Å². The molecule has 0 saturated carbocycles.